The molecule has 0 fully saturated rings. The first kappa shape index (κ1) is 13.7. The number of ether oxygens (including phenoxy) is 1. The molecule has 0 unspecified atom stereocenters. The number of carbonyl (C=O) groups excluding carboxylic acids is 4. The molecule has 2 heterocycles. The zero-order valence-electron chi connectivity index (χ0n) is 11.4. The van der Waals surface area contributed by atoms with E-state index in [1.54, 1.807) is 18.2 Å². The normalized spacial score (nSPS) is 17.1. The Hall–Kier alpha value is -3.22. The number of hydrogen-bond acceptors (Lipinski definition) is 5. The predicted molar refractivity (Wildman–Crippen MR) is 75.2 cm³/mol. The van der Waals surface area contributed by atoms with E-state index in [0.29, 0.717) is 16.9 Å². The topological polar surface area (TPSA) is 102 Å². The largest absolute Gasteiger partial charge is 0.497 e. The zero-order valence-corrected chi connectivity index (χ0v) is 11.4. The van der Waals surface area contributed by atoms with Crippen molar-refractivity contribution < 1.29 is 23.9 Å². The Morgan fingerprint density at radius 3 is 1.55 bits per heavy atom. The van der Waals surface area contributed by atoms with Gasteiger partial charge < -0.3 is 4.74 Å². The molecule has 0 aliphatic carbocycles. The van der Waals surface area contributed by atoms with Gasteiger partial charge in [0.05, 0.1) is 18.3 Å². The van der Waals surface area contributed by atoms with Crippen molar-refractivity contribution in [1.82, 2.24) is 10.6 Å². The van der Waals surface area contributed by atoms with Crippen molar-refractivity contribution in [2.24, 2.45) is 0 Å². The molecule has 2 N–H and O–H groups in total. The Kier molecular flexibility index (Phi) is 3.10. The Morgan fingerprint density at radius 2 is 1.23 bits per heavy atom. The van der Waals surface area contributed by atoms with Crippen LogP contribution in [0.1, 0.15) is 11.1 Å². The number of imide groups is 2. The van der Waals surface area contributed by atoms with Crippen molar-refractivity contribution in [1.29, 1.82) is 0 Å². The van der Waals surface area contributed by atoms with Gasteiger partial charge >= 0.3 is 0 Å². The van der Waals surface area contributed by atoms with Crippen molar-refractivity contribution in [3.8, 4) is 5.75 Å². The molecule has 2 aliphatic rings. The summed E-state index contributed by atoms with van der Waals surface area (Å²) in [6.07, 6.45) is 2.35. The van der Waals surface area contributed by atoms with E-state index in [1.807, 2.05) is 0 Å². The van der Waals surface area contributed by atoms with Gasteiger partial charge in [-0.2, -0.15) is 0 Å². The van der Waals surface area contributed by atoms with Crippen molar-refractivity contribution in [3.05, 3.63) is 41.5 Å². The molecule has 7 heteroatoms. The highest BCUT2D eigenvalue weighted by Crippen LogP contribution is 2.29. The molecule has 1 aromatic rings. The first-order valence-electron chi connectivity index (χ1n) is 6.32. The summed E-state index contributed by atoms with van der Waals surface area (Å²) in [5.74, 6) is -1.65. The first-order chi connectivity index (χ1) is 10.5. The van der Waals surface area contributed by atoms with Crippen LogP contribution >= 0.6 is 0 Å². The minimum atomic E-state index is -0.523. The van der Waals surface area contributed by atoms with Crippen molar-refractivity contribution >= 4 is 34.8 Å². The van der Waals surface area contributed by atoms with Crippen LogP contribution in [-0.2, 0) is 19.2 Å². The lowest BCUT2D eigenvalue weighted by Crippen LogP contribution is -2.22. The summed E-state index contributed by atoms with van der Waals surface area (Å²) in [5.41, 5.74) is 1.20. The second-order valence-corrected chi connectivity index (χ2v) is 4.70. The third kappa shape index (κ3) is 2.28. The Bertz CT molecular complexity index is 742. The van der Waals surface area contributed by atoms with Crippen LogP contribution in [0.4, 0.5) is 0 Å². The molecular weight excluding hydrogens is 288 g/mol. The highest BCUT2D eigenvalue weighted by Gasteiger charge is 2.26. The standard InChI is InChI=1S/C15H10N2O5/c1-22-9-3-7(10-5-12(18)16-14(10)20)2-8(4-9)11-6-13(19)17-15(11)21/h2-6H,1H3,(H,16,18,20)(H,17,19,21). The summed E-state index contributed by atoms with van der Waals surface area (Å²) in [6.45, 7) is 0. The fourth-order valence-electron chi connectivity index (χ4n) is 2.28. The molecule has 22 heavy (non-hydrogen) atoms. The van der Waals surface area contributed by atoms with E-state index in [4.69, 9.17) is 4.74 Å². The van der Waals surface area contributed by atoms with Crippen LogP contribution in [0, 0.1) is 0 Å². The molecular formula is C15H10N2O5. The summed E-state index contributed by atoms with van der Waals surface area (Å²) < 4.78 is 5.15. The monoisotopic (exact) mass is 298 g/mol. The SMILES string of the molecule is COc1cc(C2=CC(=O)NC2=O)cc(C2=CC(=O)NC2=O)c1. The number of hydrogen-bond donors (Lipinski definition) is 2. The van der Waals surface area contributed by atoms with Crippen LogP contribution in [0.25, 0.3) is 11.1 Å². The lowest BCUT2D eigenvalue weighted by molar-refractivity contribution is -0.124. The highest BCUT2D eigenvalue weighted by atomic mass is 16.5. The van der Waals surface area contributed by atoms with E-state index in [2.05, 4.69) is 10.6 Å². The van der Waals surface area contributed by atoms with E-state index >= 15 is 0 Å². The number of amides is 4. The molecule has 110 valence electrons. The molecule has 3 rings (SSSR count). The van der Waals surface area contributed by atoms with Gasteiger partial charge in [-0.05, 0) is 29.3 Å². The van der Waals surface area contributed by atoms with Gasteiger partial charge in [-0.15, -0.1) is 0 Å². The van der Waals surface area contributed by atoms with Gasteiger partial charge in [-0.25, -0.2) is 0 Å². The third-order valence-electron chi connectivity index (χ3n) is 3.28. The van der Waals surface area contributed by atoms with Gasteiger partial charge in [0.25, 0.3) is 23.6 Å². The Labute approximate surface area is 124 Å². The van der Waals surface area contributed by atoms with Crippen LogP contribution in [-0.4, -0.2) is 30.7 Å². The van der Waals surface area contributed by atoms with E-state index in [-0.39, 0.29) is 11.1 Å². The minimum Gasteiger partial charge on any atom is -0.497 e. The van der Waals surface area contributed by atoms with E-state index in [1.165, 1.54) is 19.3 Å². The van der Waals surface area contributed by atoms with Crippen LogP contribution in [0.2, 0.25) is 0 Å². The summed E-state index contributed by atoms with van der Waals surface area (Å²) in [6, 6.07) is 4.70. The van der Waals surface area contributed by atoms with Gasteiger partial charge in [-0.3, -0.25) is 29.8 Å². The number of benzene rings is 1. The number of methoxy groups -OCH3 is 1. The number of nitrogens with one attached hydrogen (secondary N) is 2. The van der Waals surface area contributed by atoms with Crippen molar-refractivity contribution in [2.75, 3.05) is 7.11 Å². The highest BCUT2D eigenvalue weighted by molar-refractivity contribution is 6.35. The fraction of sp³-hybridized carbons (Fsp3) is 0.0667. The van der Waals surface area contributed by atoms with Crippen molar-refractivity contribution in [3.63, 3.8) is 0 Å². The fourth-order valence-corrected chi connectivity index (χ4v) is 2.28. The molecule has 0 aromatic heterocycles. The van der Waals surface area contributed by atoms with Crippen LogP contribution in [0.15, 0.2) is 30.4 Å². The maximum Gasteiger partial charge on any atom is 0.258 e. The lowest BCUT2D eigenvalue weighted by atomic mass is 9.98. The van der Waals surface area contributed by atoms with Crippen LogP contribution in [0.5, 0.6) is 5.75 Å². The maximum absolute atomic E-state index is 11.7. The average molecular weight is 298 g/mol. The molecule has 2 aliphatic heterocycles. The van der Waals surface area contributed by atoms with Crippen LogP contribution in [0.3, 0.4) is 0 Å². The molecule has 1 aromatic carbocycles. The van der Waals surface area contributed by atoms with Gasteiger partial charge in [0.15, 0.2) is 0 Å². The Balaban J connectivity index is 2.12. The summed E-state index contributed by atoms with van der Waals surface area (Å²) in [5, 5.41) is 4.30. The molecule has 7 nitrogen and oxygen atoms in total. The van der Waals surface area contributed by atoms with Gasteiger partial charge in [0.2, 0.25) is 0 Å². The molecule has 0 atom stereocenters. The van der Waals surface area contributed by atoms with E-state index in [0.717, 1.165) is 0 Å². The third-order valence-corrected chi connectivity index (χ3v) is 3.28. The Morgan fingerprint density at radius 1 is 0.773 bits per heavy atom. The summed E-state index contributed by atoms with van der Waals surface area (Å²) >= 11 is 0. The molecule has 0 radical (unpaired) electrons. The van der Waals surface area contributed by atoms with Gasteiger partial charge in [-0.1, -0.05) is 0 Å². The minimum absolute atomic E-state index is 0.176. The van der Waals surface area contributed by atoms with E-state index in [9.17, 15) is 19.2 Å². The molecule has 0 saturated heterocycles. The quantitative estimate of drug-likeness (QED) is 0.751. The summed E-state index contributed by atoms with van der Waals surface area (Å²) in [4.78, 5) is 46.0. The summed E-state index contributed by atoms with van der Waals surface area (Å²) in [7, 11) is 1.44. The van der Waals surface area contributed by atoms with E-state index < -0.39 is 23.6 Å². The maximum atomic E-state index is 11.7. The van der Waals surface area contributed by atoms with Crippen molar-refractivity contribution in [2.45, 2.75) is 0 Å². The molecule has 0 bridgehead atoms. The van der Waals surface area contributed by atoms with Gasteiger partial charge in [0, 0.05) is 12.2 Å². The number of carbonyl (C=O) groups is 4. The smallest absolute Gasteiger partial charge is 0.258 e. The second-order valence-electron chi connectivity index (χ2n) is 4.70. The molecule has 4 amide bonds. The average Bonchev–Trinajstić information content (AvgIpc) is 2.99. The first-order valence-corrected chi connectivity index (χ1v) is 6.32. The zero-order chi connectivity index (χ0) is 15.9. The van der Waals surface area contributed by atoms with Gasteiger partial charge in [0.1, 0.15) is 5.75 Å². The predicted octanol–water partition coefficient (Wildman–Crippen LogP) is -0.225. The second kappa shape index (κ2) is 4.96. The molecule has 0 saturated carbocycles. The van der Waals surface area contributed by atoms with Crippen LogP contribution < -0.4 is 15.4 Å². The number of rotatable bonds is 3. The molecule has 0 spiro atoms. The lowest BCUT2D eigenvalue weighted by Gasteiger charge is -2.09.